The molecule has 5 nitrogen and oxygen atoms in total. The van der Waals surface area contributed by atoms with Gasteiger partial charge in [0.2, 0.25) is 5.91 Å². The summed E-state index contributed by atoms with van der Waals surface area (Å²) in [4.78, 5) is 14.0. The first-order chi connectivity index (χ1) is 7.88. The Hall–Kier alpha value is -0.620. The van der Waals surface area contributed by atoms with Crippen molar-refractivity contribution in [2.45, 2.75) is 31.8 Å². The maximum absolute atomic E-state index is 12.2. The fraction of sp³-hybridized carbons (Fsp3) is 0.909. The molecule has 0 bridgehead atoms. The fourth-order valence-electron chi connectivity index (χ4n) is 2.30. The van der Waals surface area contributed by atoms with Crippen molar-refractivity contribution in [2.75, 3.05) is 25.1 Å². The number of carbonyl (C=O) groups is 1. The van der Waals surface area contributed by atoms with Crippen LogP contribution in [0.5, 0.6) is 0 Å². The number of nitrogens with one attached hydrogen (secondary N) is 1. The van der Waals surface area contributed by atoms with Crippen LogP contribution < -0.4 is 5.32 Å². The lowest BCUT2D eigenvalue weighted by molar-refractivity contribution is -0.139. The Balaban J connectivity index is 2.03. The van der Waals surface area contributed by atoms with Crippen LogP contribution in [0.15, 0.2) is 0 Å². The standard InChI is InChI=1S/C11H20N2O3S/c1-8(7-17(2,15)16)13(10-3-4-10)11(14)9-5-12-6-9/h8-10,12H,3-7H2,1-2H3. The molecule has 1 aliphatic heterocycles. The topological polar surface area (TPSA) is 66.5 Å². The first-order valence-electron chi connectivity index (χ1n) is 6.09. The van der Waals surface area contributed by atoms with Crippen molar-refractivity contribution < 1.29 is 13.2 Å². The van der Waals surface area contributed by atoms with Crippen molar-refractivity contribution in [2.24, 2.45) is 5.92 Å². The number of amides is 1. The van der Waals surface area contributed by atoms with Gasteiger partial charge in [0.25, 0.3) is 0 Å². The van der Waals surface area contributed by atoms with Gasteiger partial charge in [-0.25, -0.2) is 8.42 Å². The number of hydrogen-bond acceptors (Lipinski definition) is 4. The van der Waals surface area contributed by atoms with Crippen LogP contribution in [0, 0.1) is 5.92 Å². The van der Waals surface area contributed by atoms with Crippen LogP contribution in [0.25, 0.3) is 0 Å². The van der Waals surface area contributed by atoms with Gasteiger partial charge in [0, 0.05) is 31.4 Å². The van der Waals surface area contributed by atoms with Gasteiger partial charge in [0.1, 0.15) is 9.84 Å². The molecule has 2 aliphatic rings. The van der Waals surface area contributed by atoms with E-state index in [9.17, 15) is 13.2 Å². The van der Waals surface area contributed by atoms with Crippen molar-refractivity contribution in [1.82, 2.24) is 10.2 Å². The Morgan fingerprint density at radius 1 is 1.41 bits per heavy atom. The van der Waals surface area contributed by atoms with E-state index in [1.165, 1.54) is 6.26 Å². The Morgan fingerprint density at radius 2 is 2.00 bits per heavy atom. The van der Waals surface area contributed by atoms with E-state index in [-0.39, 0.29) is 29.7 Å². The molecule has 2 fully saturated rings. The average Bonchev–Trinajstić information content (AvgIpc) is 2.80. The molecule has 1 atom stereocenters. The molecular weight excluding hydrogens is 240 g/mol. The molecule has 1 saturated heterocycles. The summed E-state index contributed by atoms with van der Waals surface area (Å²) in [6, 6.07) is 0.0745. The molecule has 0 radical (unpaired) electrons. The van der Waals surface area contributed by atoms with Crippen LogP contribution in [-0.4, -0.2) is 56.4 Å². The molecule has 0 aromatic rings. The molecule has 1 unspecified atom stereocenters. The van der Waals surface area contributed by atoms with E-state index >= 15 is 0 Å². The smallest absolute Gasteiger partial charge is 0.228 e. The highest BCUT2D eigenvalue weighted by molar-refractivity contribution is 7.90. The van der Waals surface area contributed by atoms with Gasteiger partial charge in [-0.15, -0.1) is 0 Å². The van der Waals surface area contributed by atoms with Crippen molar-refractivity contribution in [3.63, 3.8) is 0 Å². The number of hydrogen-bond donors (Lipinski definition) is 1. The first-order valence-corrected chi connectivity index (χ1v) is 8.15. The maximum Gasteiger partial charge on any atom is 0.228 e. The number of carbonyl (C=O) groups excluding carboxylic acids is 1. The van der Waals surface area contributed by atoms with E-state index in [1.807, 2.05) is 11.8 Å². The highest BCUT2D eigenvalue weighted by atomic mass is 32.2. The lowest BCUT2D eigenvalue weighted by Crippen LogP contribution is -2.55. The summed E-state index contributed by atoms with van der Waals surface area (Å²) in [6.07, 6.45) is 3.25. The normalized spacial score (nSPS) is 22.9. The summed E-state index contributed by atoms with van der Waals surface area (Å²) in [6.45, 7) is 3.30. The minimum atomic E-state index is -3.03. The second kappa shape index (κ2) is 4.57. The van der Waals surface area contributed by atoms with Crippen LogP contribution in [0.2, 0.25) is 0 Å². The molecule has 1 aliphatic carbocycles. The van der Waals surface area contributed by atoms with Crippen LogP contribution >= 0.6 is 0 Å². The number of rotatable bonds is 5. The monoisotopic (exact) mass is 260 g/mol. The summed E-state index contributed by atoms with van der Waals surface area (Å²) >= 11 is 0. The number of sulfone groups is 1. The predicted molar refractivity (Wildman–Crippen MR) is 65.4 cm³/mol. The predicted octanol–water partition coefficient (Wildman–Crippen LogP) is -0.370. The fourth-order valence-corrected chi connectivity index (χ4v) is 3.34. The molecule has 1 saturated carbocycles. The summed E-state index contributed by atoms with van der Waals surface area (Å²) in [5.41, 5.74) is 0. The Bertz CT molecular complexity index is 399. The van der Waals surface area contributed by atoms with Gasteiger partial charge in [-0.2, -0.15) is 0 Å². The van der Waals surface area contributed by atoms with E-state index < -0.39 is 9.84 Å². The van der Waals surface area contributed by atoms with Gasteiger partial charge in [-0.1, -0.05) is 0 Å². The molecule has 1 N–H and O–H groups in total. The molecule has 1 heterocycles. The molecule has 1 amide bonds. The third-order valence-electron chi connectivity index (χ3n) is 3.34. The van der Waals surface area contributed by atoms with E-state index in [0.29, 0.717) is 0 Å². The second-order valence-corrected chi connectivity index (χ2v) is 7.46. The summed E-state index contributed by atoms with van der Waals surface area (Å²) in [5.74, 6) is 0.245. The number of nitrogens with zero attached hydrogens (tertiary/aromatic N) is 1. The Kier molecular flexibility index (Phi) is 3.45. The molecule has 98 valence electrons. The molecule has 6 heteroatoms. The highest BCUT2D eigenvalue weighted by Crippen LogP contribution is 2.30. The van der Waals surface area contributed by atoms with Crippen LogP contribution in [0.3, 0.4) is 0 Å². The van der Waals surface area contributed by atoms with Gasteiger partial charge in [0.05, 0.1) is 11.7 Å². The van der Waals surface area contributed by atoms with E-state index in [2.05, 4.69) is 5.32 Å². The average molecular weight is 260 g/mol. The van der Waals surface area contributed by atoms with Gasteiger partial charge >= 0.3 is 0 Å². The van der Waals surface area contributed by atoms with Crippen LogP contribution in [0.4, 0.5) is 0 Å². The van der Waals surface area contributed by atoms with E-state index in [4.69, 9.17) is 0 Å². The third kappa shape index (κ3) is 3.19. The first kappa shape index (κ1) is 12.8. The third-order valence-corrected chi connectivity index (χ3v) is 4.43. The zero-order valence-electron chi connectivity index (χ0n) is 10.3. The van der Waals surface area contributed by atoms with Gasteiger partial charge in [-0.05, 0) is 19.8 Å². The van der Waals surface area contributed by atoms with E-state index in [0.717, 1.165) is 25.9 Å². The van der Waals surface area contributed by atoms with Gasteiger partial charge < -0.3 is 10.2 Å². The van der Waals surface area contributed by atoms with Crippen LogP contribution in [-0.2, 0) is 14.6 Å². The lowest BCUT2D eigenvalue weighted by atomic mass is 10.0. The lowest BCUT2D eigenvalue weighted by Gasteiger charge is -2.36. The SMILES string of the molecule is CC(CS(C)(=O)=O)N(C(=O)C1CNC1)C1CC1. The Labute approximate surface area is 102 Å². The summed E-state index contributed by atoms with van der Waals surface area (Å²) in [7, 11) is -3.03. The van der Waals surface area contributed by atoms with Crippen molar-refractivity contribution in [3.8, 4) is 0 Å². The summed E-state index contributed by atoms with van der Waals surface area (Å²) in [5, 5.41) is 3.08. The second-order valence-electron chi connectivity index (χ2n) is 5.27. The molecule has 17 heavy (non-hydrogen) atoms. The van der Waals surface area contributed by atoms with Crippen LogP contribution in [0.1, 0.15) is 19.8 Å². The van der Waals surface area contributed by atoms with Gasteiger partial charge in [-0.3, -0.25) is 4.79 Å². The molecule has 2 rings (SSSR count). The van der Waals surface area contributed by atoms with Gasteiger partial charge in [0.15, 0.2) is 0 Å². The minimum absolute atomic E-state index is 0.0533. The quantitative estimate of drug-likeness (QED) is 0.732. The minimum Gasteiger partial charge on any atom is -0.336 e. The van der Waals surface area contributed by atoms with E-state index in [1.54, 1.807) is 0 Å². The highest BCUT2D eigenvalue weighted by Gasteiger charge is 2.40. The zero-order chi connectivity index (χ0) is 12.6. The molecule has 0 aromatic carbocycles. The zero-order valence-corrected chi connectivity index (χ0v) is 11.2. The van der Waals surface area contributed by atoms with Crippen molar-refractivity contribution >= 4 is 15.7 Å². The Morgan fingerprint density at radius 3 is 2.35 bits per heavy atom. The molecular formula is C11H20N2O3S. The molecule has 0 spiro atoms. The van der Waals surface area contributed by atoms with Crippen molar-refractivity contribution in [3.05, 3.63) is 0 Å². The largest absolute Gasteiger partial charge is 0.336 e. The maximum atomic E-state index is 12.2. The molecule has 0 aromatic heterocycles. The van der Waals surface area contributed by atoms with Crippen molar-refractivity contribution in [1.29, 1.82) is 0 Å². The summed E-state index contributed by atoms with van der Waals surface area (Å²) < 4.78 is 22.6.